The number of para-hydroxylation sites is 1. The first-order valence-corrected chi connectivity index (χ1v) is 11.9. The van der Waals surface area contributed by atoms with E-state index in [1.54, 1.807) is 17.8 Å². The Morgan fingerprint density at radius 2 is 1.69 bits per heavy atom. The van der Waals surface area contributed by atoms with Gasteiger partial charge < -0.3 is 15.1 Å². The van der Waals surface area contributed by atoms with Crippen molar-refractivity contribution in [2.24, 2.45) is 0 Å². The third-order valence-electron chi connectivity index (χ3n) is 5.05. The number of nitrogens with one attached hydrogen (secondary N) is 1. The predicted octanol–water partition coefficient (Wildman–Crippen LogP) is 3.65. The van der Waals surface area contributed by atoms with E-state index in [0.717, 1.165) is 23.3 Å². The molecule has 1 saturated heterocycles. The van der Waals surface area contributed by atoms with Gasteiger partial charge in [-0.15, -0.1) is 0 Å². The Morgan fingerprint density at radius 1 is 1.03 bits per heavy atom. The molecule has 154 valence electrons. The van der Waals surface area contributed by atoms with Gasteiger partial charge in [-0.2, -0.15) is 11.8 Å². The summed E-state index contributed by atoms with van der Waals surface area (Å²) >= 11 is 5.09. The highest BCUT2D eigenvalue weighted by molar-refractivity contribution is 9.10. The van der Waals surface area contributed by atoms with Crippen LogP contribution in [0.4, 0.5) is 5.69 Å². The molecule has 1 aliphatic rings. The van der Waals surface area contributed by atoms with Gasteiger partial charge in [0.25, 0.3) is 5.91 Å². The second kappa shape index (κ2) is 10.7. The van der Waals surface area contributed by atoms with E-state index < -0.39 is 6.04 Å². The number of nitrogens with zero attached hydrogens (tertiary/aromatic N) is 2. The molecule has 1 unspecified atom stereocenters. The van der Waals surface area contributed by atoms with E-state index >= 15 is 0 Å². The summed E-state index contributed by atoms with van der Waals surface area (Å²) in [6.07, 6.45) is 2.63. The van der Waals surface area contributed by atoms with Gasteiger partial charge in [-0.3, -0.25) is 9.59 Å². The van der Waals surface area contributed by atoms with Crippen molar-refractivity contribution in [2.75, 3.05) is 43.1 Å². The fourth-order valence-corrected chi connectivity index (χ4v) is 4.35. The largest absolute Gasteiger partial charge is 0.368 e. The van der Waals surface area contributed by atoms with Gasteiger partial charge in [-0.05, 0) is 58.6 Å². The van der Waals surface area contributed by atoms with E-state index in [2.05, 4.69) is 38.3 Å². The molecule has 5 nitrogen and oxygen atoms in total. The zero-order valence-electron chi connectivity index (χ0n) is 16.5. The number of hydrogen-bond donors (Lipinski definition) is 1. The van der Waals surface area contributed by atoms with Crippen LogP contribution in [0.2, 0.25) is 0 Å². The second-order valence-electron chi connectivity index (χ2n) is 6.94. The number of carbonyl (C=O) groups is 2. The Hall–Kier alpha value is -1.99. The van der Waals surface area contributed by atoms with Crippen LogP contribution in [0, 0.1) is 0 Å². The summed E-state index contributed by atoms with van der Waals surface area (Å²) in [5.41, 5.74) is 1.73. The Morgan fingerprint density at radius 3 is 2.34 bits per heavy atom. The van der Waals surface area contributed by atoms with E-state index in [-0.39, 0.29) is 11.8 Å². The lowest BCUT2D eigenvalue weighted by Gasteiger charge is -2.37. The fraction of sp³-hybridized carbons (Fsp3) is 0.364. The molecular weight excluding hydrogens is 450 g/mol. The summed E-state index contributed by atoms with van der Waals surface area (Å²) in [5, 5.41) is 2.96. The van der Waals surface area contributed by atoms with Crippen LogP contribution in [0.5, 0.6) is 0 Å². The van der Waals surface area contributed by atoms with Gasteiger partial charge in [0, 0.05) is 36.3 Å². The number of rotatable bonds is 7. The quantitative estimate of drug-likeness (QED) is 0.663. The van der Waals surface area contributed by atoms with Crippen molar-refractivity contribution in [3.8, 4) is 0 Å². The summed E-state index contributed by atoms with van der Waals surface area (Å²) in [5.74, 6) is 0.600. The molecule has 0 aromatic heterocycles. The van der Waals surface area contributed by atoms with Gasteiger partial charge in [-0.25, -0.2) is 0 Å². The van der Waals surface area contributed by atoms with Crippen molar-refractivity contribution in [3.63, 3.8) is 0 Å². The molecule has 0 aliphatic carbocycles. The molecule has 2 aromatic rings. The minimum atomic E-state index is -0.509. The maximum atomic E-state index is 13.2. The summed E-state index contributed by atoms with van der Waals surface area (Å²) in [6, 6.07) is 17.0. The molecule has 1 aliphatic heterocycles. The highest BCUT2D eigenvalue weighted by Gasteiger charge is 2.29. The van der Waals surface area contributed by atoms with Crippen molar-refractivity contribution < 1.29 is 9.59 Å². The van der Waals surface area contributed by atoms with Crippen molar-refractivity contribution in [3.05, 3.63) is 64.6 Å². The number of thioether (sulfide) groups is 1. The van der Waals surface area contributed by atoms with Crippen molar-refractivity contribution >= 4 is 45.2 Å². The van der Waals surface area contributed by atoms with E-state index in [9.17, 15) is 9.59 Å². The molecule has 1 N–H and O–H groups in total. The van der Waals surface area contributed by atoms with Crippen molar-refractivity contribution in [2.45, 2.75) is 12.5 Å². The summed E-state index contributed by atoms with van der Waals surface area (Å²) in [6.45, 7) is 2.91. The van der Waals surface area contributed by atoms with Gasteiger partial charge in [0.2, 0.25) is 5.91 Å². The number of benzene rings is 2. The zero-order chi connectivity index (χ0) is 20.6. The van der Waals surface area contributed by atoms with Gasteiger partial charge in [0.1, 0.15) is 6.04 Å². The molecule has 1 atom stereocenters. The minimum Gasteiger partial charge on any atom is -0.368 e. The van der Waals surface area contributed by atoms with Gasteiger partial charge in [0.15, 0.2) is 0 Å². The van der Waals surface area contributed by atoms with Crippen LogP contribution in [-0.2, 0) is 4.79 Å². The van der Waals surface area contributed by atoms with Gasteiger partial charge in [0.05, 0.1) is 5.56 Å². The number of amides is 2. The van der Waals surface area contributed by atoms with Crippen LogP contribution in [-0.4, -0.2) is 60.9 Å². The third-order valence-corrected chi connectivity index (χ3v) is 6.38. The molecule has 2 amide bonds. The fourth-order valence-electron chi connectivity index (χ4n) is 3.42. The SMILES string of the molecule is CSCCC(NC(=O)c1ccccc1Br)C(=O)N1CCN(c2ccccc2)CC1. The Bertz CT molecular complexity index is 826. The Kier molecular flexibility index (Phi) is 8.00. The Labute approximate surface area is 185 Å². The number of piperazine rings is 1. The molecule has 0 radical (unpaired) electrons. The molecule has 3 rings (SSSR count). The summed E-state index contributed by atoms with van der Waals surface area (Å²) in [4.78, 5) is 30.1. The minimum absolute atomic E-state index is 0.00663. The average molecular weight is 476 g/mol. The van der Waals surface area contributed by atoms with Crippen molar-refractivity contribution in [1.82, 2.24) is 10.2 Å². The van der Waals surface area contributed by atoms with Crippen LogP contribution in [0.1, 0.15) is 16.8 Å². The first kappa shape index (κ1) is 21.7. The maximum absolute atomic E-state index is 13.2. The first-order valence-electron chi connectivity index (χ1n) is 9.73. The third kappa shape index (κ3) is 5.76. The van der Waals surface area contributed by atoms with Crippen molar-refractivity contribution in [1.29, 1.82) is 0 Å². The topological polar surface area (TPSA) is 52.7 Å². The molecule has 7 heteroatoms. The standard InChI is InChI=1S/C22H26BrN3O2S/c1-29-16-11-20(24-21(27)18-9-5-6-10-19(18)23)22(28)26-14-12-25(13-15-26)17-7-3-2-4-8-17/h2-10,20H,11-16H2,1H3,(H,24,27). The summed E-state index contributed by atoms with van der Waals surface area (Å²) in [7, 11) is 0. The van der Waals surface area contributed by atoms with Crippen LogP contribution in [0.25, 0.3) is 0 Å². The molecule has 0 saturated carbocycles. The Balaban J connectivity index is 1.63. The lowest BCUT2D eigenvalue weighted by Crippen LogP contribution is -2.55. The molecule has 0 spiro atoms. The van der Waals surface area contributed by atoms with Crippen LogP contribution < -0.4 is 10.2 Å². The molecule has 1 fully saturated rings. The number of carbonyl (C=O) groups excluding carboxylic acids is 2. The van der Waals surface area contributed by atoms with E-state index in [1.807, 2.05) is 47.6 Å². The lowest BCUT2D eigenvalue weighted by molar-refractivity contribution is -0.133. The molecule has 29 heavy (non-hydrogen) atoms. The number of anilines is 1. The highest BCUT2D eigenvalue weighted by atomic mass is 79.9. The van der Waals surface area contributed by atoms with E-state index in [0.29, 0.717) is 25.1 Å². The monoisotopic (exact) mass is 475 g/mol. The number of halogens is 1. The van der Waals surface area contributed by atoms with Crippen LogP contribution in [0.15, 0.2) is 59.1 Å². The average Bonchev–Trinajstić information content (AvgIpc) is 2.77. The normalized spacial score (nSPS) is 15.1. The lowest BCUT2D eigenvalue weighted by atomic mass is 10.1. The van der Waals surface area contributed by atoms with Crippen LogP contribution in [0.3, 0.4) is 0 Å². The van der Waals surface area contributed by atoms with E-state index in [4.69, 9.17) is 0 Å². The second-order valence-corrected chi connectivity index (χ2v) is 8.78. The highest BCUT2D eigenvalue weighted by Crippen LogP contribution is 2.18. The summed E-state index contributed by atoms with van der Waals surface area (Å²) < 4.78 is 0.727. The smallest absolute Gasteiger partial charge is 0.253 e. The molecular formula is C22H26BrN3O2S. The van der Waals surface area contributed by atoms with Gasteiger partial charge in [-0.1, -0.05) is 30.3 Å². The van der Waals surface area contributed by atoms with Crippen LogP contribution >= 0.6 is 27.7 Å². The number of hydrogen-bond acceptors (Lipinski definition) is 4. The van der Waals surface area contributed by atoms with Gasteiger partial charge >= 0.3 is 0 Å². The molecule has 1 heterocycles. The maximum Gasteiger partial charge on any atom is 0.253 e. The first-order chi connectivity index (χ1) is 14.1. The molecule has 2 aromatic carbocycles. The van der Waals surface area contributed by atoms with E-state index in [1.165, 1.54) is 5.69 Å². The predicted molar refractivity (Wildman–Crippen MR) is 124 cm³/mol. The zero-order valence-corrected chi connectivity index (χ0v) is 18.9. The molecule has 0 bridgehead atoms.